The summed E-state index contributed by atoms with van der Waals surface area (Å²) < 4.78 is 7.90. The lowest BCUT2D eigenvalue weighted by Crippen LogP contribution is -2.17. The van der Waals surface area contributed by atoms with E-state index < -0.39 is 0 Å². The van der Waals surface area contributed by atoms with Gasteiger partial charge in [0.2, 0.25) is 5.89 Å². The molecule has 7 nitrogen and oxygen atoms in total. The second kappa shape index (κ2) is 6.76. The highest BCUT2D eigenvalue weighted by atomic mass is 16.3. The monoisotopic (exact) mass is 374 g/mol. The van der Waals surface area contributed by atoms with Crippen molar-refractivity contribution in [2.45, 2.75) is 13.0 Å². The fourth-order valence-electron chi connectivity index (χ4n) is 3.84. The van der Waals surface area contributed by atoms with Gasteiger partial charge in [-0.3, -0.25) is 4.68 Å². The number of rotatable bonds is 4. The van der Waals surface area contributed by atoms with Crippen molar-refractivity contribution in [3.8, 4) is 22.6 Å². The summed E-state index contributed by atoms with van der Waals surface area (Å²) in [7, 11) is 2.17. The number of hydrogen-bond donors (Lipinski definition) is 1. The predicted molar refractivity (Wildman–Crippen MR) is 108 cm³/mol. The minimum absolute atomic E-state index is 0.400. The summed E-state index contributed by atoms with van der Waals surface area (Å²) in [5, 5.41) is 4.54. The molecule has 1 unspecified atom stereocenters. The number of aromatic nitrogens is 4. The Morgan fingerprint density at radius 1 is 1.21 bits per heavy atom. The number of oxazole rings is 1. The number of nitrogens with two attached hydrogens (primary N) is 1. The molecule has 0 aliphatic carbocycles. The van der Waals surface area contributed by atoms with Crippen LogP contribution in [0.5, 0.6) is 0 Å². The molecular weight excluding hydrogens is 352 g/mol. The first-order valence-corrected chi connectivity index (χ1v) is 9.48. The third kappa shape index (κ3) is 3.14. The zero-order valence-corrected chi connectivity index (χ0v) is 15.7. The van der Waals surface area contributed by atoms with Crippen LogP contribution in [-0.2, 0) is 6.54 Å². The number of likely N-dealkylation sites (tertiary alicyclic amines) is 1. The number of pyridine rings is 1. The summed E-state index contributed by atoms with van der Waals surface area (Å²) in [5.74, 6) is 1.53. The van der Waals surface area contributed by atoms with Gasteiger partial charge >= 0.3 is 0 Å². The van der Waals surface area contributed by atoms with Gasteiger partial charge in [-0.2, -0.15) is 5.10 Å². The molecule has 7 heteroatoms. The summed E-state index contributed by atoms with van der Waals surface area (Å²) in [5.41, 5.74) is 10.3. The third-order valence-electron chi connectivity index (χ3n) is 5.34. The van der Waals surface area contributed by atoms with Crippen molar-refractivity contribution in [3.05, 3.63) is 48.9 Å². The van der Waals surface area contributed by atoms with Crippen molar-refractivity contribution in [1.82, 2.24) is 24.6 Å². The lowest BCUT2D eigenvalue weighted by Gasteiger charge is -2.10. The fourth-order valence-corrected chi connectivity index (χ4v) is 3.84. The first kappa shape index (κ1) is 16.9. The van der Waals surface area contributed by atoms with E-state index in [0.29, 0.717) is 23.2 Å². The smallest absolute Gasteiger partial charge is 0.231 e. The Labute approximate surface area is 162 Å². The number of anilines is 1. The Balaban J connectivity index is 1.44. The highest BCUT2D eigenvalue weighted by Crippen LogP contribution is 2.31. The molecule has 1 aromatic carbocycles. The quantitative estimate of drug-likeness (QED) is 0.590. The Bertz CT molecular complexity index is 1100. The van der Waals surface area contributed by atoms with E-state index in [2.05, 4.69) is 33.2 Å². The minimum atomic E-state index is 0.400. The van der Waals surface area contributed by atoms with Crippen LogP contribution in [0, 0.1) is 5.92 Å². The van der Waals surface area contributed by atoms with Crippen molar-refractivity contribution >= 4 is 16.9 Å². The van der Waals surface area contributed by atoms with Crippen LogP contribution in [0.25, 0.3) is 33.7 Å². The molecule has 1 atom stereocenters. The molecule has 0 bridgehead atoms. The maximum Gasteiger partial charge on any atom is 0.231 e. The Morgan fingerprint density at radius 3 is 2.93 bits per heavy atom. The van der Waals surface area contributed by atoms with Gasteiger partial charge in [0.05, 0.1) is 11.8 Å². The lowest BCUT2D eigenvalue weighted by molar-refractivity contribution is 0.370. The van der Waals surface area contributed by atoms with Gasteiger partial charge in [-0.15, -0.1) is 0 Å². The van der Waals surface area contributed by atoms with Crippen LogP contribution in [0.3, 0.4) is 0 Å². The third-order valence-corrected chi connectivity index (χ3v) is 5.34. The zero-order chi connectivity index (χ0) is 19.1. The van der Waals surface area contributed by atoms with E-state index in [4.69, 9.17) is 10.2 Å². The van der Waals surface area contributed by atoms with Crippen LogP contribution in [0.2, 0.25) is 0 Å². The first-order valence-electron chi connectivity index (χ1n) is 9.48. The van der Waals surface area contributed by atoms with Gasteiger partial charge in [0.25, 0.3) is 0 Å². The maximum atomic E-state index is 6.11. The molecule has 4 aromatic rings. The molecule has 1 aliphatic heterocycles. The molecule has 142 valence electrons. The zero-order valence-electron chi connectivity index (χ0n) is 15.7. The van der Waals surface area contributed by atoms with Gasteiger partial charge in [-0.1, -0.05) is 12.1 Å². The number of hydrogen-bond acceptors (Lipinski definition) is 6. The summed E-state index contributed by atoms with van der Waals surface area (Å²) in [4.78, 5) is 11.3. The predicted octanol–water partition coefficient (Wildman–Crippen LogP) is 3.29. The molecule has 0 radical (unpaired) electrons. The Hall–Kier alpha value is -3.19. The van der Waals surface area contributed by atoms with E-state index >= 15 is 0 Å². The fraction of sp³-hybridized carbons (Fsp3) is 0.286. The minimum Gasteiger partial charge on any atom is -0.436 e. The molecule has 0 spiro atoms. The summed E-state index contributed by atoms with van der Waals surface area (Å²) in [6.45, 7) is 3.22. The molecule has 0 amide bonds. The Kier molecular flexibility index (Phi) is 4.09. The second-order valence-corrected chi connectivity index (χ2v) is 7.51. The summed E-state index contributed by atoms with van der Waals surface area (Å²) in [6.07, 6.45) is 6.94. The molecule has 2 N–H and O–H groups in total. The van der Waals surface area contributed by atoms with E-state index in [1.54, 1.807) is 6.20 Å². The number of benzene rings is 1. The van der Waals surface area contributed by atoms with Crippen LogP contribution < -0.4 is 5.73 Å². The molecule has 5 rings (SSSR count). The molecule has 1 fully saturated rings. The van der Waals surface area contributed by atoms with Gasteiger partial charge < -0.3 is 15.1 Å². The summed E-state index contributed by atoms with van der Waals surface area (Å²) in [6, 6.07) is 9.64. The van der Waals surface area contributed by atoms with Gasteiger partial charge in [0.1, 0.15) is 11.3 Å². The average molecular weight is 374 g/mol. The van der Waals surface area contributed by atoms with E-state index in [0.717, 1.165) is 41.9 Å². The molecular formula is C21H22N6O. The van der Waals surface area contributed by atoms with Crippen LogP contribution >= 0.6 is 0 Å². The van der Waals surface area contributed by atoms with Crippen LogP contribution in [0.15, 0.2) is 53.3 Å². The summed E-state index contributed by atoms with van der Waals surface area (Å²) >= 11 is 0. The first-order chi connectivity index (χ1) is 13.7. The van der Waals surface area contributed by atoms with Crippen molar-refractivity contribution in [3.63, 3.8) is 0 Å². The van der Waals surface area contributed by atoms with E-state index in [-0.39, 0.29) is 0 Å². The molecule has 3 aromatic heterocycles. The second-order valence-electron chi connectivity index (χ2n) is 7.51. The van der Waals surface area contributed by atoms with Crippen molar-refractivity contribution < 1.29 is 4.42 Å². The molecule has 1 saturated heterocycles. The number of para-hydroxylation sites is 2. The maximum absolute atomic E-state index is 6.11. The highest BCUT2D eigenvalue weighted by Gasteiger charge is 2.20. The number of nitrogen functional groups attached to an aromatic ring is 1. The van der Waals surface area contributed by atoms with Crippen molar-refractivity contribution in [2.75, 3.05) is 25.9 Å². The normalized spacial score (nSPS) is 17.5. The van der Waals surface area contributed by atoms with Gasteiger partial charge in [0.15, 0.2) is 5.58 Å². The van der Waals surface area contributed by atoms with Crippen LogP contribution in [-0.4, -0.2) is 44.8 Å². The van der Waals surface area contributed by atoms with E-state index in [1.807, 2.05) is 41.2 Å². The molecule has 0 saturated carbocycles. The molecule has 1 aliphatic rings. The number of nitrogens with zero attached hydrogens (tertiary/aromatic N) is 5. The highest BCUT2D eigenvalue weighted by molar-refractivity contribution is 5.80. The van der Waals surface area contributed by atoms with Gasteiger partial charge in [-0.05, 0) is 44.1 Å². The van der Waals surface area contributed by atoms with Gasteiger partial charge in [-0.25, -0.2) is 9.97 Å². The van der Waals surface area contributed by atoms with Crippen molar-refractivity contribution in [2.24, 2.45) is 5.92 Å². The Morgan fingerprint density at radius 2 is 2.11 bits per heavy atom. The molecule has 4 heterocycles. The topological polar surface area (TPSA) is 86.0 Å². The average Bonchev–Trinajstić information content (AvgIpc) is 3.42. The van der Waals surface area contributed by atoms with E-state index in [9.17, 15) is 0 Å². The molecule has 28 heavy (non-hydrogen) atoms. The van der Waals surface area contributed by atoms with Crippen LogP contribution in [0.4, 0.5) is 5.82 Å². The van der Waals surface area contributed by atoms with Crippen molar-refractivity contribution in [1.29, 1.82) is 0 Å². The van der Waals surface area contributed by atoms with Gasteiger partial charge in [0, 0.05) is 36.6 Å². The van der Waals surface area contributed by atoms with E-state index in [1.165, 1.54) is 6.42 Å². The largest absolute Gasteiger partial charge is 0.436 e. The SMILES string of the molecule is CN1CCC(Cn2cc(-c3cnc(N)c(-c4nc5ccccc5o4)c3)cn2)C1. The number of fused-ring (bicyclic) bond motifs is 1. The van der Waals surface area contributed by atoms with Crippen LogP contribution in [0.1, 0.15) is 6.42 Å². The lowest BCUT2D eigenvalue weighted by atomic mass is 10.1. The standard InChI is InChI=1S/C21H22N6O/c1-26-7-6-14(11-26)12-27-13-16(10-24-27)15-8-17(20(22)23-9-15)21-25-18-4-2-3-5-19(18)28-21/h2-5,8-10,13-14H,6-7,11-12H2,1H3,(H2,22,23).